The van der Waals surface area contributed by atoms with Crippen molar-refractivity contribution in [2.75, 3.05) is 24.7 Å². The molecule has 0 unspecified atom stereocenters. The highest BCUT2D eigenvalue weighted by Gasteiger charge is 2.30. The Bertz CT molecular complexity index is 973. The molecule has 7 nitrogen and oxygen atoms in total. The Hall–Kier alpha value is -2.58. The third-order valence-electron chi connectivity index (χ3n) is 4.71. The second-order valence-electron chi connectivity index (χ2n) is 6.88. The summed E-state index contributed by atoms with van der Waals surface area (Å²) in [6.45, 7) is 6.32. The Morgan fingerprint density at radius 3 is 2.41 bits per heavy atom. The van der Waals surface area contributed by atoms with Crippen LogP contribution in [0.4, 0.5) is 5.69 Å². The SMILES string of the molecule is CCOc1ccc(OCCNS(=O)(=O)c2ccc3c(c2)C[C@H](C)N3C(C)=O)cc1. The number of ether oxygens (including phenoxy) is 2. The zero-order chi connectivity index (χ0) is 21.0. The molecule has 156 valence electrons. The smallest absolute Gasteiger partial charge is 0.240 e. The van der Waals surface area contributed by atoms with Gasteiger partial charge in [0.2, 0.25) is 15.9 Å². The summed E-state index contributed by atoms with van der Waals surface area (Å²) in [4.78, 5) is 13.7. The van der Waals surface area contributed by atoms with E-state index in [1.165, 1.54) is 13.0 Å². The number of anilines is 1. The Morgan fingerprint density at radius 1 is 1.14 bits per heavy atom. The summed E-state index contributed by atoms with van der Waals surface area (Å²) in [5.74, 6) is 1.36. The molecule has 1 aliphatic rings. The lowest BCUT2D eigenvalue weighted by molar-refractivity contribution is -0.116. The molecule has 1 amide bonds. The third kappa shape index (κ3) is 4.89. The third-order valence-corrected chi connectivity index (χ3v) is 6.17. The fourth-order valence-corrected chi connectivity index (χ4v) is 4.54. The lowest BCUT2D eigenvalue weighted by atomic mass is 10.1. The van der Waals surface area contributed by atoms with Crippen molar-refractivity contribution in [1.29, 1.82) is 0 Å². The van der Waals surface area contributed by atoms with E-state index in [9.17, 15) is 13.2 Å². The zero-order valence-electron chi connectivity index (χ0n) is 16.8. The zero-order valence-corrected chi connectivity index (χ0v) is 17.7. The molecule has 1 heterocycles. The monoisotopic (exact) mass is 418 g/mol. The van der Waals surface area contributed by atoms with Gasteiger partial charge in [0.1, 0.15) is 18.1 Å². The van der Waals surface area contributed by atoms with E-state index in [-0.39, 0.29) is 30.0 Å². The van der Waals surface area contributed by atoms with Gasteiger partial charge < -0.3 is 14.4 Å². The second-order valence-corrected chi connectivity index (χ2v) is 8.65. The Labute approximate surface area is 171 Å². The van der Waals surface area contributed by atoms with E-state index < -0.39 is 10.0 Å². The summed E-state index contributed by atoms with van der Waals surface area (Å²) < 4.78 is 38.7. The molecule has 8 heteroatoms. The normalized spacial score (nSPS) is 15.8. The minimum Gasteiger partial charge on any atom is -0.494 e. The van der Waals surface area contributed by atoms with E-state index in [0.717, 1.165) is 17.0 Å². The van der Waals surface area contributed by atoms with Crippen molar-refractivity contribution in [2.45, 2.75) is 38.1 Å². The van der Waals surface area contributed by atoms with Gasteiger partial charge in [-0.05, 0) is 68.3 Å². The van der Waals surface area contributed by atoms with Crippen LogP contribution >= 0.6 is 0 Å². The molecule has 0 bridgehead atoms. The molecule has 0 aliphatic carbocycles. The van der Waals surface area contributed by atoms with E-state index in [1.54, 1.807) is 41.3 Å². The molecular formula is C21H26N2O5S. The van der Waals surface area contributed by atoms with Crippen LogP contribution in [0.15, 0.2) is 47.4 Å². The maximum Gasteiger partial charge on any atom is 0.240 e. The summed E-state index contributed by atoms with van der Waals surface area (Å²) in [6, 6.07) is 12.1. The highest BCUT2D eigenvalue weighted by atomic mass is 32.2. The van der Waals surface area contributed by atoms with Crippen molar-refractivity contribution < 1.29 is 22.7 Å². The topological polar surface area (TPSA) is 84.9 Å². The van der Waals surface area contributed by atoms with Crippen LogP contribution in [-0.2, 0) is 21.2 Å². The van der Waals surface area contributed by atoms with E-state index in [4.69, 9.17) is 9.47 Å². The molecule has 0 saturated carbocycles. The number of carbonyl (C=O) groups is 1. The van der Waals surface area contributed by atoms with Crippen LogP contribution in [0.25, 0.3) is 0 Å². The maximum atomic E-state index is 12.6. The number of hydrogen-bond acceptors (Lipinski definition) is 5. The van der Waals surface area contributed by atoms with Crippen molar-refractivity contribution in [3.63, 3.8) is 0 Å². The first-order chi connectivity index (χ1) is 13.8. The number of amides is 1. The lowest BCUT2D eigenvalue weighted by Crippen LogP contribution is -2.33. The van der Waals surface area contributed by atoms with Crippen molar-refractivity contribution in [1.82, 2.24) is 4.72 Å². The Morgan fingerprint density at radius 2 is 1.79 bits per heavy atom. The first-order valence-electron chi connectivity index (χ1n) is 9.60. The predicted molar refractivity (Wildman–Crippen MR) is 111 cm³/mol. The highest BCUT2D eigenvalue weighted by molar-refractivity contribution is 7.89. The fraction of sp³-hybridized carbons (Fsp3) is 0.381. The molecule has 29 heavy (non-hydrogen) atoms. The molecule has 0 aromatic heterocycles. The number of fused-ring (bicyclic) bond motifs is 1. The van der Waals surface area contributed by atoms with Gasteiger partial charge in [-0.3, -0.25) is 4.79 Å². The predicted octanol–water partition coefficient (Wildman–Crippen LogP) is 2.74. The number of rotatable bonds is 8. The van der Waals surface area contributed by atoms with Gasteiger partial charge in [0.25, 0.3) is 0 Å². The van der Waals surface area contributed by atoms with E-state index in [1.807, 2.05) is 13.8 Å². The van der Waals surface area contributed by atoms with Gasteiger partial charge in [-0.15, -0.1) is 0 Å². The quantitative estimate of drug-likeness (QED) is 0.667. The molecule has 0 radical (unpaired) electrons. The molecule has 2 aromatic rings. The summed E-state index contributed by atoms with van der Waals surface area (Å²) in [5.41, 5.74) is 1.64. The van der Waals surface area contributed by atoms with Gasteiger partial charge in [-0.25, -0.2) is 13.1 Å². The van der Waals surface area contributed by atoms with E-state index >= 15 is 0 Å². The van der Waals surface area contributed by atoms with Gasteiger partial charge in [-0.2, -0.15) is 0 Å². The number of sulfonamides is 1. The average Bonchev–Trinajstić information content (AvgIpc) is 3.02. The van der Waals surface area contributed by atoms with E-state index in [0.29, 0.717) is 18.8 Å². The number of benzene rings is 2. The van der Waals surface area contributed by atoms with Crippen LogP contribution in [0.5, 0.6) is 11.5 Å². The number of nitrogens with one attached hydrogen (secondary N) is 1. The van der Waals surface area contributed by atoms with Gasteiger partial charge in [0.15, 0.2) is 0 Å². The molecule has 1 aliphatic heterocycles. The van der Waals surface area contributed by atoms with Crippen molar-refractivity contribution in [3.05, 3.63) is 48.0 Å². The minimum atomic E-state index is -3.66. The molecule has 3 rings (SSSR count). The van der Waals surface area contributed by atoms with Crippen LogP contribution in [0, 0.1) is 0 Å². The summed E-state index contributed by atoms with van der Waals surface area (Å²) in [7, 11) is -3.66. The Kier molecular flexibility index (Phi) is 6.44. The maximum absolute atomic E-state index is 12.6. The van der Waals surface area contributed by atoms with E-state index in [2.05, 4.69) is 4.72 Å². The molecule has 2 aromatic carbocycles. The Balaban J connectivity index is 1.58. The number of nitrogens with zero attached hydrogens (tertiary/aromatic N) is 1. The number of carbonyl (C=O) groups excluding carboxylic acids is 1. The van der Waals surface area contributed by atoms with Gasteiger partial charge in [0.05, 0.1) is 11.5 Å². The first kappa shape index (κ1) is 21.1. The second kappa shape index (κ2) is 8.84. The van der Waals surface area contributed by atoms with Crippen LogP contribution in [0.2, 0.25) is 0 Å². The first-order valence-corrected chi connectivity index (χ1v) is 11.1. The molecule has 0 saturated heterocycles. The average molecular weight is 419 g/mol. The fourth-order valence-electron chi connectivity index (χ4n) is 3.48. The summed E-state index contributed by atoms with van der Waals surface area (Å²) in [6.07, 6.45) is 0.638. The molecule has 1 N–H and O–H groups in total. The lowest BCUT2D eigenvalue weighted by Gasteiger charge is -2.20. The molecule has 0 spiro atoms. The van der Waals surface area contributed by atoms with Crippen molar-refractivity contribution in [3.8, 4) is 11.5 Å². The molecule has 1 atom stereocenters. The number of hydrogen-bond donors (Lipinski definition) is 1. The van der Waals surface area contributed by atoms with Gasteiger partial charge >= 0.3 is 0 Å². The van der Waals surface area contributed by atoms with Crippen LogP contribution in [0.1, 0.15) is 26.3 Å². The van der Waals surface area contributed by atoms with Crippen molar-refractivity contribution >= 4 is 21.6 Å². The highest BCUT2D eigenvalue weighted by Crippen LogP contribution is 2.33. The minimum absolute atomic E-state index is 0.0240. The van der Waals surface area contributed by atoms with Gasteiger partial charge in [0, 0.05) is 25.2 Å². The van der Waals surface area contributed by atoms with Crippen LogP contribution in [0.3, 0.4) is 0 Å². The van der Waals surface area contributed by atoms with Crippen LogP contribution in [-0.4, -0.2) is 40.1 Å². The van der Waals surface area contributed by atoms with Crippen molar-refractivity contribution in [2.24, 2.45) is 0 Å². The molecular weight excluding hydrogens is 392 g/mol. The summed E-state index contributed by atoms with van der Waals surface area (Å²) >= 11 is 0. The molecule has 0 fully saturated rings. The van der Waals surface area contributed by atoms with Gasteiger partial charge in [-0.1, -0.05) is 0 Å². The largest absolute Gasteiger partial charge is 0.494 e. The standard InChI is InChI=1S/C21H26N2O5S/c1-4-27-18-5-7-19(8-6-18)28-12-11-22-29(25,26)20-9-10-21-17(14-20)13-15(2)23(21)16(3)24/h5-10,14-15,22H,4,11-13H2,1-3H3/t15-/m0/s1. The summed E-state index contributed by atoms with van der Waals surface area (Å²) in [5, 5.41) is 0. The van der Waals surface area contributed by atoms with Crippen LogP contribution < -0.4 is 19.1 Å².